The largest absolute Gasteiger partial charge is 0.465 e. The van der Waals surface area contributed by atoms with Gasteiger partial charge in [0.1, 0.15) is 9.71 Å². The van der Waals surface area contributed by atoms with Crippen molar-refractivity contribution in [3.05, 3.63) is 56.4 Å². The molecule has 0 aliphatic rings. The van der Waals surface area contributed by atoms with Crippen molar-refractivity contribution in [2.24, 2.45) is 0 Å². The van der Waals surface area contributed by atoms with E-state index in [4.69, 9.17) is 16.3 Å². The predicted octanol–water partition coefficient (Wildman–Crippen LogP) is 5.43. The second-order valence-corrected chi connectivity index (χ2v) is 8.30. The molecule has 0 saturated heterocycles. The molecule has 152 valence electrons. The molecule has 2 aromatic heterocycles. The molecule has 29 heavy (non-hydrogen) atoms. The van der Waals surface area contributed by atoms with Crippen LogP contribution in [0.25, 0.3) is 21.3 Å². The van der Waals surface area contributed by atoms with Crippen LogP contribution in [0.15, 0.2) is 34.0 Å². The Balaban J connectivity index is 1.95. The summed E-state index contributed by atoms with van der Waals surface area (Å²) in [7, 11) is 1.24. The zero-order valence-electron chi connectivity index (χ0n) is 14.9. The number of thiophene rings is 1. The normalized spacial score (nSPS) is 12.4. The van der Waals surface area contributed by atoms with Gasteiger partial charge < -0.3 is 9.72 Å². The molecule has 1 aromatic carbocycles. The Morgan fingerprint density at radius 1 is 1.31 bits per heavy atom. The van der Waals surface area contributed by atoms with Crippen molar-refractivity contribution in [1.29, 1.82) is 0 Å². The number of hydrogen-bond acceptors (Lipinski definition) is 6. The van der Waals surface area contributed by atoms with Gasteiger partial charge in [-0.15, -0.1) is 11.3 Å². The maximum atomic E-state index is 12.4. The van der Waals surface area contributed by atoms with E-state index >= 15 is 0 Å². The SMILES string of the molecule is COC(=O)c1sc2nc(/C(Cl)=C/c3ccc(SC(F)(F)F)cc3)[nH]c(=O)c2c1C. The number of carbonyl (C=O) groups is 1. The first-order chi connectivity index (χ1) is 13.6. The van der Waals surface area contributed by atoms with E-state index in [0.717, 1.165) is 11.3 Å². The second-order valence-electron chi connectivity index (χ2n) is 5.75. The number of benzene rings is 1. The highest BCUT2D eigenvalue weighted by Gasteiger charge is 2.29. The molecule has 0 radical (unpaired) electrons. The first-order valence-electron chi connectivity index (χ1n) is 7.94. The first kappa shape index (κ1) is 21.4. The molecule has 0 atom stereocenters. The molecule has 0 amide bonds. The van der Waals surface area contributed by atoms with Gasteiger partial charge in [0.25, 0.3) is 5.56 Å². The van der Waals surface area contributed by atoms with Crippen LogP contribution in [0.3, 0.4) is 0 Å². The van der Waals surface area contributed by atoms with Crippen LogP contribution in [0, 0.1) is 6.92 Å². The zero-order chi connectivity index (χ0) is 21.3. The molecular weight excluding hydrogens is 449 g/mol. The highest BCUT2D eigenvalue weighted by Crippen LogP contribution is 2.37. The molecule has 0 unspecified atom stereocenters. The predicted molar refractivity (Wildman–Crippen MR) is 108 cm³/mol. The summed E-state index contributed by atoms with van der Waals surface area (Å²) in [5, 5.41) is 0.364. The van der Waals surface area contributed by atoms with E-state index in [9.17, 15) is 22.8 Å². The first-order valence-corrected chi connectivity index (χ1v) is 9.95. The van der Waals surface area contributed by atoms with Crippen molar-refractivity contribution < 1.29 is 22.7 Å². The van der Waals surface area contributed by atoms with Gasteiger partial charge in [-0.3, -0.25) is 4.79 Å². The third-order valence-electron chi connectivity index (χ3n) is 3.80. The molecular formula is C18H12ClF3N2O3S2. The number of aryl methyl sites for hydroxylation is 1. The standard InChI is InChI=1S/C18H12ClF3N2O3S2/c1-8-12-15(25)23-14(24-16(12)28-13(8)17(26)27-2)11(19)7-9-3-5-10(6-4-9)29-18(20,21)22/h3-7H,1-2H3,(H,23,24,25)/b11-7-. The number of methoxy groups -OCH3 is 1. The summed E-state index contributed by atoms with van der Waals surface area (Å²) in [5.41, 5.74) is -3.83. The number of fused-ring (bicyclic) bond motifs is 1. The van der Waals surface area contributed by atoms with Crippen LogP contribution in [-0.2, 0) is 4.74 Å². The number of nitrogens with zero attached hydrogens (tertiary/aromatic N) is 1. The van der Waals surface area contributed by atoms with Gasteiger partial charge in [-0.25, -0.2) is 9.78 Å². The number of ether oxygens (including phenoxy) is 1. The number of esters is 1. The van der Waals surface area contributed by atoms with Crippen molar-refractivity contribution in [2.45, 2.75) is 17.3 Å². The van der Waals surface area contributed by atoms with Crippen molar-refractivity contribution in [3.63, 3.8) is 0 Å². The van der Waals surface area contributed by atoms with E-state index in [1.807, 2.05) is 0 Å². The Bertz CT molecular complexity index is 1170. The smallest absolute Gasteiger partial charge is 0.446 e. The minimum absolute atomic E-state index is 0.0446. The van der Waals surface area contributed by atoms with E-state index in [1.165, 1.54) is 37.5 Å². The van der Waals surface area contributed by atoms with Crippen molar-refractivity contribution in [3.8, 4) is 0 Å². The average molecular weight is 461 g/mol. The maximum Gasteiger partial charge on any atom is 0.446 e. The highest BCUT2D eigenvalue weighted by molar-refractivity contribution is 8.00. The maximum absolute atomic E-state index is 12.4. The lowest BCUT2D eigenvalue weighted by Gasteiger charge is -2.05. The average Bonchev–Trinajstić information content (AvgIpc) is 2.98. The molecule has 0 bridgehead atoms. The molecule has 0 fully saturated rings. The van der Waals surface area contributed by atoms with Crippen LogP contribution in [-0.4, -0.2) is 28.6 Å². The number of carbonyl (C=O) groups excluding carboxylic acids is 1. The van der Waals surface area contributed by atoms with Gasteiger partial charge >= 0.3 is 11.5 Å². The van der Waals surface area contributed by atoms with Crippen LogP contribution in [0.4, 0.5) is 13.2 Å². The Labute approximate surface area is 175 Å². The lowest BCUT2D eigenvalue weighted by Crippen LogP contribution is -2.10. The van der Waals surface area contributed by atoms with Crippen LogP contribution in [0.1, 0.15) is 26.6 Å². The summed E-state index contributed by atoms with van der Waals surface area (Å²) >= 11 is 7.05. The molecule has 0 spiro atoms. The number of nitrogens with one attached hydrogen (secondary N) is 1. The quantitative estimate of drug-likeness (QED) is 0.415. The molecule has 3 aromatic rings. The fourth-order valence-corrected chi connectivity index (χ4v) is 4.38. The molecule has 0 saturated carbocycles. The Hall–Kier alpha value is -2.30. The minimum Gasteiger partial charge on any atom is -0.465 e. The highest BCUT2D eigenvalue weighted by atomic mass is 35.5. The van der Waals surface area contributed by atoms with Crippen molar-refractivity contribution in [1.82, 2.24) is 9.97 Å². The third-order valence-corrected chi connectivity index (χ3v) is 6.00. The van der Waals surface area contributed by atoms with Gasteiger partial charge in [0.15, 0.2) is 5.82 Å². The van der Waals surface area contributed by atoms with Crippen molar-refractivity contribution in [2.75, 3.05) is 7.11 Å². The molecule has 3 rings (SSSR count). The summed E-state index contributed by atoms with van der Waals surface area (Å²) in [4.78, 5) is 31.8. The van der Waals surface area contributed by atoms with E-state index in [0.29, 0.717) is 16.0 Å². The van der Waals surface area contributed by atoms with E-state index < -0.39 is 17.0 Å². The Kier molecular flexibility index (Phi) is 6.06. The summed E-state index contributed by atoms with van der Waals surface area (Å²) in [6.45, 7) is 1.62. The number of aromatic amines is 1. The summed E-state index contributed by atoms with van der Waals surface area (Å²) in [5.74, 6) is -0.486. The van der Waals surface area contributed by atoms with Crippen LogP contribution < -0.4 is 5.56 Å². The number of H-pyrrole nitrogens is 1. The number of alkyl halides is 3. The van der Waals surface area contributed by atoms with Crippen molar-refractivity contribution >= 4 is 62.0 Å². The van der Waals surface area contributed by atoms with Gasteiger partial charge in [0, 0.05) is 4.90 Å². The monoisotopic (exact) mass is 460 g/mol. The lowest BCUT2D eigenvalue weighted by molar-refractivity contribution is -0.0328. The molecule has 0 aliphatic heterocycles. The van der Waals surface area contributed by atoms with Gasteiger partial charge in [0.2, 0.25) is 0 Å². The van der Waals surface area contributed by atoms with Crippen LogP contribution in [0.2, 0.25) is 0 Å². The Morgan fingerprint density at radius 2 is 1.97 bits per heavy atom. The third kappa shape index (κ3) is 4.82. The van der Waals surface area contributed by atoms with E-state index in [1.54, 1.807) is 6.92 Å². The summed E-state index contributed by atoms with van der Waals surface area (Å²) in [6, 6.07) is 5.58. The fraction of sp³-hybridized carbons (Fsp3) is 0.167. The number of hydrogen-bond donors (Lipinski definition) is 1. The summed E-state index contributed by atoms with van der Waals surface area (Å²) < 4.78 is 41.9. The van der Waals surface area contributed by atoms with Gasteiger partial charge in [-0.2, -0.15) is 13.2 Å². The van der Waals surface area contributed by atoms with Gasteiger partial charge in [-0.05, 0) is 48.0 Å². The molecule has 1 N–H and O–H groups in total. The molecule has 2 heterocycles. The number of rotatable bonds is 4. The zero-order valence-corrected chi connectivity index (χ0v) is 17.3. The molecule has 5 nitrogen and oxygen atoms in total. The van der Waals surface area contributed by atoms with Gasteiger partial charge in [-0.1, -0.05) is 23.7 Å². The second kappa shape index (κ2) is 8.21. The number of thioether (sulfide) groups is 1. The van der Waals surface area contributed by atoms with E-state index in [2.05, 4.69) is 9.97 Å². The van der Waals surface area contributed by atoms with E-state index in [-0.39, 0.29) is 37.8 Å². The minimum atomic E-state index is -4.37. The summed E-state index contributed by atoms with van der Waals surface area (Å²) in [6.07, 6.45) is 1.47. The van der Waals surface area contributed by atoms with Crippen LogP contribution >= 0.6 is 34.7 Å². The Morgan fingerprint density at radius 3 is 2.55 bits per heavy atom. The van der Waals surface area contributed by atoms with Crippen LogP contribution in [0.5, 0.6) is 0 Å². The molecule has 11 heteroatoms. The number of halogens is 4. The lowest BCUT2D eigenvalue weighted by atomic mass is 10.2. The fourth-order valence-electron chi connectivity index (χ4n) is 2.52. The number of aromatic nitrogens is 2. The topological polar surface area (TPSA) is 72.0 Å². The molecule has 0 aliphatic carbocycles. The van der Waals surface area contributed by atoms with Gasteiger partial charge in [0.05, 0.1) is 17.5 Å².